The third-order valence-electron chi connectivity index (χ3n) is 3.72. The van der Waals surface area contributed by atoms with Crippen molar-refractivity contribution in [1.29, 1.82) is 0 Å². The Kier molecular flexibility index (Phi) is 5.37. The van der Waals surface area contributed by atoms with Crippen LogP contribution in [-0.4, -0.2) is 18.1 Å². The van der Waals surface area contributed by atoms with Crippen LogP contribution in [-0.2, 0) is 6.54 Å². The minimum absolute atomic E-state index is 0.146. The van der Waals surface area contributed by atoms with E-state index in [-0.39, 0.29) is 5.54 Å². The van der Waals surface area contributed by atoms with Gasteiger partial charge in [0.25, 0.3) is 0 Å². The van der Waals surface area contributed by atoms with Gasteiger partial charge in [-0.3, -0.25) is 0 Å². The van der Waals surface area contributed by atoms with Crippen molar-refractivity contribution in [3.05, 3.63) is 28.2 Å². The number of halogens is 1. The average molecular weight is 353 g/mol. The molecular weight excluding hydrogens is 324 g/mol. The van der Waals surface area contributed by atoms with E-state index in [2.05, 4.69) is 79.0 Å². The van der Waals surface area contributed by atoms with Crippen LogP contribution in [0.5, 0.6) is 0 Å². The van der Waals surface area contributed by atoms with Crippen LogP contribution in [0.4, 0.5) is 5.69 Å². The summed E-state index contributed by atoms with van der Waals surface area (Å²) in [5.74, 6) is 0.688. The Labute approximate surface area is 138 Å². The number of anilines is 1. The van der Waals surface area contributed by atoms with Crippen molar-refractivity contribution in [2.45, 2.75) is 65.6 Å². The molecule has 0 radical (unpaired) electrons. The van der Waals surface area contributed by atoms with Crippen LogP contribution < -0.4 is 10.2 Å². The van der Waals surface area contributed by atoms with E-state index in [4.69, 9.17) is 0 Å². The highest BCUT2D eigenvalue weighted by Gasteiger charge is 2.31. The fourth-order valence-electron chi connectivity index (χ4n) is 2.54. The third-order valence-corrected chi connectivity index (χ3v) is 4.21. The Balaban J connectivity index is 2.24. The molecule has 2 nitrogen and oxygen atoms in total. The molecule has 0 amide bonds. The van der Waals surface area contributed by atoms with E-state index in [0.29, 0.717) is 5.92 Å². The van der Waals surface area contributed by atoms with Crippen molar-refractivity contribution in [2.75, 3.05) is 11.4 Å². The maximum Gasteiger partial charge on any atom is 0.0425 e. The summed E-state index contributed by atoms with van der Waals surface area (Å²) in [6, 6.07) is 7.45. The summed E-state index contributed by atoms with van der Waals surface area (Å²) < 4.78 is 1.17. The van der Waals surface area contributed by atoms with Gasteiger partial charge in [-0.05, 0) is 57.2 Å². The first-order valence-electron chi connectivity index (χ1n) is 8.06. The molecule has 1 aromatic rings. The van der Waals surface area contributed by atoms with Gasteiger partial charge < -0.3 is 10.2 Å². The largest absolute Gasteiger partial charge is 0.368 e. The monoisotopic (exact) mass is 352 g/mol. The number of nitrogens with one attached hydrogen (secondary N) is 1. The zero-order valence-electron chi connectivity index (χ0n) is 14.0. The van der Waals surface area contributed by atoms with Crippen LogP contribution >= 0.6 is 15.9 Å². The number of benzene rings is 1. The summed E-state index contributed by atoms with van der Waals surface area (Å²) in [5.41, 5.74) is 2.95. The van der Waals surface area contributed by atoms with Gasteiger partial charge in [-0.2, -0.15) is 0 Å². The van der Waals surface area contributed by atoms with Gasteiger partial charge >= 0.3 is 0 Å². The molecule has 21 heavy (non-hydrogen) atoms. The second-order valence-corrected chi connectivity index (χ2v) is 8.57. The third kappa shape index (κ3) is 5.30. The van der Waals surface area contributed by atoms with Crippen LogP contribution in [0.25, 0.3) is 0 Å². The highest BCUT2D eigenvalue weighted by Crippen LogP contribution is 2.35. The molecule has 0 aromatic heterocycles. The zero-order chi connectivity index (χ0) is 15.6. The van der Waals surface area contributed by atoms with Crippen LogP contribution in [0.2, 0.25) is 0 Å². The van der Waals surface area contributed by atoms with Crippen molar-refractivity contribution in [1.82, 2.24) is 5.32 Å². The molecule has 1 fully saturated rings. The quantitative estimate of drug-likeness (QED) is 0.777. The van der Waals surface area contributed by atoms with Crippen LogP contribution in [0, 0.1) is 5.92 Å². The van der Waals surface area contributed by atoms with Crippen LogP contribution in [0.15, 0.2) is 22.7 Å². The minimum Gasteiger partial charge on any atom is -0.368 e. The SMILES string of the molecule is CC(C)CN(c1cc(Br)ccc1CNC(C)(C)C)C1CC1. The second kappa shape index (κ2) is 6.70. The predicted octanol–water partition coefficient (Wildman–Crippen LogP) is 4.96. The van der Waals surface area contributed by atoms with E-state index in [1.165, 1.54) is 28.6 Å². The first-order chi connectivity index (χ1) is 9.76. The Bertz CT molecular complexity index is 473. The Morgan fingerprint density at radius 3 is 2.48 bits per heavy atom. The lowest BCUT2D eigenvalue weighted by Crippen LogP contribution is -2.36. The smallest absolute Gasteiger partial charge is 0.0425 e. The molecular formula is C18H29BrN2. The molecule has 1 aliphatic rings. The standard InChI is InChI=1S/C18H29BrN2/c1-13(2)12-21(16-8-9-16)17-10-15(19)7-6-14(17)11-20-18(3,4)5/h6-7,10,13,16,20H,8-9,11-12H2,1-5H3. The zero-order valence-corrected chi connectivity index (χ0v) is 15.6. The highest BCUT2D eigenvalue weighted by molar-refractivity contribution is 9.10. The molecule has 1 aliphatic carbocycles. The van der Waals surface area contributed by atoms with Crippen molar-refractivity contribution < 1.29 is 0 Å². The van der Waals surface area contributed by atoms with Gasteiger partial charge in [0.2, 0.25) is 0 Å². The topological polar surface area (TPSA) is 15.3 Å². The lowest BCUT2D eigenvalue weighted by molar-refractivity contribution is 0.424. The predicted molar refractivity (Wildman–Crippen MR) is 95.9 cm³/mol. The van der Waals surface area contributed by atoms with Gasteiger partial charge in [0.05, 0.1) is 0 Å². The van der Waals surface area contributed by atoms with Gasteiger partial charge in [0.1, 0.15) is 0 Å². The summed E-state index contributed by atoms with van der Waals surface area (Å²) in [5, 5.41) is 3.62. The second-order valence-electron chi connectivity index (χ2n) is 7.65. The van der Waals surface area contributed by atoms with Crippen molar-refractivity contribution >= 4 is 21.6 Å². The van der Waals surface area contributed by atoms with Gasteiger partial charge in [0, 0.05) is 34.8 Å². The van der Waals surface area contributed by atoms with Crippen LogP contribution in [0.1, 0.15) is 53.0 Å². The Morgan fingerprint density at radius 1 is 1.29 bits per heavy atom. The lowest BCUT2D eigenvalue weighted by Gasteiger charge is -2.30. The van der Waals surface area contributed by atoms with Crippen molar-refractivity contribution in [2.24, 2.45) is 5.92 Å². The molecule has 0 spiro atoms. The maximum atomic E-state index is 3.64. The van der Waals surface area contributed by atoms with Gasteiger partial charge in [-0.15, -0.1) is 0 Å². The fraction of sp³-hybridized carbons (Fsp3) is 0.667. The molecule has 3 heteroatoms. The number of hydrogen-bond donors (Lipinski definition) is 1. The highest BCUT2D eigenvalue weighted by atomic mass is 79.9. The minimum atomic E-state index is 0.146. The first kappa shape index (κ1) is 16.8. The molecule has 1 N–H and O–H groups in total. The summed E-state index contributed by atoms with van der Waals surface area (Å²) in [6.45, 7) is 13.3. The summed E-state index contributed by atoms with van der Waals surface area (Å²) in [6.07, 6.45) is 2.68. The molecule has 0 aliphatic heterocycles. The number of hydrogen-bond acceptors (Lipinski definition) is 2. The van der Waals surface area contributed by atoms with Gasteiger partial charge in [0.15, 0.2) is 0 Å². The van der Waals surface area contributed by atoms with E-state index in [1.807, 2.05) is 0 Å². The molecule has 0 saturated heterocycles. The molecule has 2 rings (SSSR count). The van der Waals surface area contributed by atoms with Crippen molar-refractivity contribution in [3.8, 4) is 0 Å². The molecule has 0 atom stereocenters. The lowest BCUT2D eigenvalue weighted by atomic mass is 10.1. The van der Waals surface area contributed by atoms with E-state index in [1.54, 1.807) is 0 Å². The van der Waals surface area contributed by atoms with Gasteiger partial charge in [-0.25, -0.2) is 0 Å². The first-order valence-corrected chi connectivity index (χ1v) is 8.85. The molecule has 0 heterocycles. The summed E-state index contributed by atoms with van der Waals surface area (Å²) >= 11 is 3.64. The fourth-order valence-corrected chi connectivity index (χ4v) is 2.89. The maximum absolute atomic E-state index is 3.64. The molecule has 0 bridgehead atoms. The van der Waals surface area contributed by atoms with E-state index in [0.717, 1.165) is 19.1 Å². The van der Waals surface area contributed by atoms with E-state index in [9.17, 15) is 0 Å². The van der Waals surface area contributed by atoms with E-state index < -0.39 is 0 Å². The number of rotatable bonds is 6. The normalized spacial score (nSPS) is 15.6. The Morgan fingerprint density at radius 2 is 1.95 bits per heavy atom. The number of nitrogens with zero attached hydrogens (tertiary/aromatic N) is 1. The van der Waals surface area contributed by atoms with Crippen molar-refractivity contribution in [3.63, 3.8) is 0 Å². The molecule has 1 aromatic carbocycles. The Hall–Kier alpha value is -0.540. The van der Waals surface area contributed by atoms with Gasteiger partial charge in [-0.1, -0.05) is 35.8 Å². The average Bonchev–Trinajstić information content (AvgIpc) is 3.17. The summed E-state index contributed by atoms with van der Waals surface area (Å²) in [7, 11) is 0. The molecule has 0 unspecified atom stereocenters. The van der Waals surface area contributed by atoms with E-state index >= 15 is 0 Å². The molecule has 1 saturated carbocycles. The van der Waals surface area contributed by atoms with Crippen LogP contribution in [0.3, 0.4) is 0 Å². The summed E-state index contributed by atoms with van der Waals surface area (Å²) in [4.78, 5) is 2.62. The molecule has 118 valence electrons.